The summed E-state index contributed by atoms with van der Waals surface area (Å²) in [6.45, 7) is 7.23. The number of nitrogens with zero attached hydrogens (tertiary/aromatic N) is 2. The molecule has 0 radical (unpaired) electrons. The lowest BCUT2D eigenvalue weighted by Crippen LogP contribution is -2.43. The minimum absolute atomic E-state index is 0.108. The third-order valence-corrected chi connectivity index (χ3v) is 4.27. The highest BCUT2D eigenvalue weighted by Gasteiger charge is 2.23. The van der Waals surface area contributed by atoms with Crippen LogP contribution >= 0.6 is 0 Å². The van der Waals surface area contributed by atoms with Gasteiger partial charge in [0.15, 0.2) is 0 Å². The maximum atomic E-state index is 12.4. The Kier molecular flexibility index (Phi) is 6.20. The van der Waals surface area contributed by atoms with E-state index in [-0.39, 0.29) is 17.5 Å². The van der Waals surface area contributed by atoms with E-state index in [2.05, 4.69) is 29.4 Å². The zero-order chi connectivity index (χ0) is 18.4. The van der Waals surface area contributed by atoms with Crippen molar-refractivity contribution in [1.29, 1.82) is 0 Å². The summed E-state index contributed by atoms with van der Waals surface area (Å²) in [5.41, 5.74) is 2.71. The number of nitrogens with one attached hydrogen (secondary N) is 2. The van der Waals surface area contributed by atoms with Crippen LogP contribution in [0.3, 0.4) is 0 Å². The van der Waals surface area contributed by atoms with Crippen molar-refractivity contribution in [3.8, 4) is 11.3 Å². The van der Waals surface area contributed by atoms with Gasteiger partial charge in [0.05, 0.1) is 24.0 Å². The van der Waals surface area contributed by atoms with Gasteiger partial charge in [0.25, 0.3) is 0 Å². The Morgan fingerprint density at radius 3 is 2.68 bits per heavy atom. The van der Waals surface area contributed by atoms with Crippen LogP contribution in [0.25, 0.3) is 11.3 Å². The molecule has 1 heterocycles. The van der Waals surface area contributed by atoms with Gasteiger partial charge in [0.1, 0.15) is 0 Å². The molecule has 0 aliphatic rings. The Bertz CT molecular complexity index is 682. The maximum Gasteiger partial charge on any atom is 0.317 e. The van der Waals surface area contributed by atoms with E-state index in [9.17, 15) is 4.79 Å². The number of carbonyl (C=O) groups excluding carboxylic acids is 1. The lowest BCUT2D eigenvalue weighted by atomic mass is 9.95. The number of carbonyl (C=O) groups is 1. The number of rotatable bonds is 7. The fraction of sp³-hybridized carbons (Fsp3) is 0.474. The van der Waals surface area contributed by atoms with Crippen molar-refractivity contribution in [3.63, 3.8) is 0 Å². The molecule has 2 N–H and O–H groups in total. The monoisotopic (exact) mass is 344 g/mol. The van der Waals surface area contributed by atoms with E-state index < -0.39 is 0 Å². The van der Waals surface area contributed by atoms with Crippen molar-refractivity contribution in [2.45, 2.75) is 26.8 Å². The molecule has 0 aliphatic heterocycles. The SMILES string of the molecule is COCC(C)(C)CNC(=O)N(C)[C@@H](C)c1cc(-c2ccccc2)n[nH]1. The van der Waals surface area contributed by atoms with Crippen LogP contribution < -0.4 is 5.32 Å². The van der Waals surface area contributed by atoms with Gasteiger partial charge in [-0.15, -0.1) is 0 Å². The van der Waals surface area contributed by atoms with E-state index in [0.717, 1.165) is 17.0 Å². The standard InChI is InChI=1S/C19H28N4O2/c1-14(23(4)18(24)20-12-19(2,3)13-25-5)16-11-17(22-21-16)15-9-7-6-8-10-15/h6-11,14H,12-13H2,1-5H3,(H,20,24)(H,21,22)/t14-/m0/s1. The fourth-order valence-corrected chi connectivity index (χ4v) is 2.57. The first-order chi connectivity index (χ1) is 11.8. The van der Waals surface area contributed by atoms with Gasteiger partial charge < -0.3 is 15.0 Å². The number of aromatic amines is 1. The summed E-state index contributed by atoms with van der Waals surface area (Å²) >= 11 is 0. The average Bonchev–Trinajstić information content (AvgIpc) is 3.09. The summed E-state index contributed by atoms with van der Waals surface area (Å²) in [5.74, 6) is 0. The van der Waals surface area contributed by atoms with E-state index in [1.807, 2.05) is 43.3 Å². The van der Waals surface area contributed by atoms with Gasteiger partial charge in [0, 0.05) is 31.7 Å². The highest BCUT2D eigenvalue weighted by molar-refractivity contribution is 5.74. The number of ether oxygens (including phenoxy) is 1. The number of urea groups is 1. The van der Waals surface area contributed by atoms with Crippen molar-refractivity contribution in [1.82, 2.24) is 20.4 Å². The summed E-state index contributed by atoms with van der Waals surface area (Å²) in [6, 6.07) is 11.7. The number of methoxy groups -OCH3 is 1. The van der Waals surface area contributed by atoms with Gasteiger partial charge in [-0.1, -0.05) is 44.2 Å². The van der Waals surface area contributed by atoms with Crippen molar-refractivity contribution in [3.05, 3.63) is 42.1 Å². The summed E-state index contributed by atoms with van der Waals surface area (Å²) in [6.07, 6.45) is 0. The van der Waals surface area contributed by atoms with E-state index in [4.69, 9.17) is 4.74 Å². The second kappa shape index (κ2) is 8.16. The fourth-order valence-electron chi connectivity index (χ4n) is 2.57. The molecule has 0 bridgehead atoms. The predicted octanol–water partition coefficient (Wildman–Crippen LogP) is 3.45. The number of aromatic nitrogens is 2. The molecule has 0 unspecified atom stereocenters. The largest absolute Gasteiger partial charge is 0.384 e. The van der Waals surface area contributed by atoms with E-state index in [1.54, 1.807) is 19.1 Å². The van der Waals surface area contributed by atoms with Gasteiger partial charge in [-0.25, -0.2) is 4.79 Å². The van der Waals surface area contributed by atoms with E-state index in [0.29, 0.717) is 13.2 Å². The molecule has 0 fully saturated rings. The van der Waals surface area contributed by atoms with Gasteiger partial charge in [-0.2, -0.15) is 5.10 Å². The highest BCUT2D eigenvalue weighted by Crippen LogP contribution is 2.23. The molecule has 136 valence electrons. The molecule has 0 saturated carbocycles. The molecule has 0 saturated heterocycles. The van der Waals surface area contributed by atoms with Crippen molar-refractivity contribution in [2.75, 3.05) is 27.3 Å². The predicted molar refractivity (Wildman–Crippen MR) is 99.3 cm³/mol. The summed E-state index contributed by atoms with van der Waals surface area (Å²) in [7, 11) is 3.45. The Hall–Kier alpha value is -2.34. The molecule has 0 spiro atoms. The highest BCUT2D eigenvalue weighted by atomic mass is 16.5. The molecule has 2 amide bonds. The number of benzene rings is 1. The zero-order valence-electron chi connectivity index (χ0n) is 15.7. The first kappa shape index (κ1) is 19.0. The third kappa shape index (κ3) is 5.06. The van der Waals surface area contributed by atoms with Crippen LogP contribution in [-0.2, 0) is 4.74 Å². The molecule has 1 aromatic heterocycles. The normalized spacial score (nSPS) is 12.7. The molecular weight excluding hydrogens is 316 g/mol. The lowest BCUT2D eigenvalue weighted by Gasteiger charge is -2.28. The Labute approximate surface area is 149 Å². The molecule has 6 nitrogen and oxygen atoms in total. The first-order valence-corrected chi connectivity index (χ1v) is 8.44. The van der Waals surface area contributed by atoms with Crippen LogP contribution in [0.4, 0.5) is 4.79 Å². The molecule has 6 heteroatoms. The van der Waals surface area contributed by atoms with Crippen molar-refractivity contribution >= 4 is 6.03 Å². The van der Waals surface area contributed by atoms with E-state index in [1.165, 1.54) is 0 Å². The quantitative estimate of drug-likeness (QED) is 0.808. The average molecular weight is 344 g/mol. The Morgan fingerprint density at radius 2 is 2.04 bits per heavy atom. The number of hydrogen-bond donors (Lipinski definition) is 2. The topological polar surface area (TPSA) is 70.2 Å². The molecule has 1 aromatic carbocycles. The lowest BCUT2D eigenvalue weighted by molar-refractivity contribution is 0.103. The molecule has 1 atom stereocenters. The van der Waals surface area contributed by atoms with Crippen LogP contribution in [0.1, 0.15) is 32.5 Å². The van der Waals surface area contributed by atoms with Crippen molar-refractivity contribution in [2.24, 2.45) is 5.41 Å². The second-order valence-corrected chi connectivity index (χ2v) is 7.12. The van der Waals surface area contributed by atoms with Crippen LogP contribution in [0.5, 0.6) is 0 Å². The number of hydrogen-bond acceptors (Lipinski definition) is 3. The molecule has 2 rings (SSSR count). The van der Waals surface area contributed by atoms with Crippen LogP contribution in [-0.4, -0.2) is 48.4 Å². The second-order valence-electron chi connectivity index (χ2n) is 7.12. The summed E-state index contributed by atoms with van der Waals surface area (Å²) in [5, 5.41) is 10.4. The van der Waals surface area contributed by atoms with Crippen LogP contribution in [0.2, 0.25) is 0 Å². The van der Waals surface area contributed by atoms with Crippen LogP contribution in [0.15, 0.2) is 36.4 Å². The number of H-pyrrole nitrogens is 1. The number of amides is 2. The molecule has 25 heavy (non-hydrogen) atoms. The van der Waals surface area contributed by atoms with Gasteiger partial charge in [0.2, 0.25) is 0 Å². The maximum absolute atomic E-state index is 12.4. The minimum Gasteiger partial charge on any atom is -0.384 e. The Balaban J connectivity index is 1.99. The summed E-state index contributed by atoms with van der Waals surface area (Å²) < 4.78 is 5.18. The molecule has 0 aliphatic carbocycles. The van der Waals surface area contributed by atoms with Gasteiger partial charge in [-0.05, 0) is 13.0 Å². The summed E-state index contributed by atoms with van der Waals surface area (Å²) in [4.78, 5) is 14.1. The Morgan fingerprint density at radius 1 is 1.36 bits per heavy atom. The molecule has 2 aromatic rings. The third-order valence-electron chi connectivity index (χ3n) is 4.27. The van der Waals surface area contributed by atoms with Crippen LogP contribution in [0, 0.1) is 5.41 Å². The van der Waals surface area contributed by atoms with E-state index >= 15 is 0 Å². The van der Waals surface area contributed by atoms with Gasteiger partial charge in [-0.3, -0.25) is 5.10 Å². The zero-order valence-corrected chi connectivity index (χ0v) is 15.7. The van der Waals surface area contributed by atoms with Gasteiger partial charge >= 0.3 is 6.03 Å². The molecular formula is C19H28N4O2. The van der Waals surface area contributed by atoms with Crippen molar-refractivity contribution < 1.29 is 9.53 Å². The smallest absolute Gasteiger partial charge is 0.317 e. The first-order valence-electron chi connectivity index (χ1n) is 8.44. The minimum atomic E-state index is -0.118.